The predicted octanol–water partition coefficient (Wildman–Crippen LogP) is 4.88. The molecule has 3 N–H and O–H groups in total. The Labute approximate surface area is 250 Å². The number of carbonyl (C=O) groups is 2. The Kier molecular flexibility index (Phi) is 10.8. The van der Waals surface area contributed by atoms with E-state index < -0.39 is 17.6 Å². The second-order valence-corrected chi connectivity index (χ2v) is 9.90. The summed E-state index contributed by atoms with van der Waals surface area (Å²) in [5, 5.41) is 8.92. The molecule has 2 amide bonds. The highest BCUT2D eigenvalue weighted by Crippen LogP contribution is 2.38. The Morgan fingerprint density at radius 2 is 1.74 bits per heavy atom. The molecule has 1 saturated heterocycles. The van der Waals surface area contributed by atoms with E-state index in [1.807, 2.05) is 12.1 Å². The second-order valence-electron chi connectivity index (χ2n) is 9.90. The Morgan fingerprint density at radius 3 is 2.49 bits per heavy atom. The Hall–Kier alpha value is -4.77. The van der Waals surface area contributed by atoms with Crippen molar-refractivity contribution in [1.29, 1.82) is 0 Å². The highest BCUT2D eigenvalue weighted by molar-refractivity contribution is 6.39. The molecule has 4 aromatic rings. The van der Waals surface area contributed by atoms with E-state index in [-0.39, 0.29) is 25.4 Å². The van der Waals surface area contributed by atoms with E-state index >= 15 is 4.39 Å². The first-order valence-electron chi connectivity index (χ1n) is 13.8. The number of aromatic nitrogens is 2. The van der Waals surface area contributed by atoms with Crippen LogP contribution in [0.2, 0.25) is 0 Å². The van der Waals surface area contributed by atoms with E-state index in [1.54, 1.807) is 43.9 Å². The van der Waals surface area contributed by atoms with Gasteiger partial charge < -0.3 is 30.2 Å². The number of hydrogen-bond donors (Lipinski definition) is 3. The van der Waals surface area contributed by atoms with Crippen molar-refractivity contribution >= 4 is 28.4 Å². The summed E-state index contributed by atoms with van der Waals surface area (Å²) in [5.41, 5.74) is 1.70. The van der Waals surface area contributed by atoms with Crippen molar-refractivity contribution in [2.24, 2.45) is 5.92 Å². The Balaban J connectivity index is 0.00000423. The molecule has 3 heterocycles. The van der Waals surface area contributed by atoms with Gasteiger partial charge >= 0.3 is 11.8 Å². The lowest BCUT2D eigenvalue weighted by Gasteiger charge is -2.23. The van der Waals surface area contributed by atoms with Crippen LogP contribution in [0.1, 0.15) is 25.8 Å². The van der Waals surface area contributed by atoms with Gasteiger partial charge in [-0.3, -0.25) is 19.6 Å². The van der Waals surface area contributed by atoms with Crippen LogP contribution in [0, 0.1) is 11.7 Å². The predicted molar refractivity (Wildman–Crippen MR) is 162 cm³/mol. The lowest BCUT2D eigenvalue weighted by atomic mass is 9.99. The maximum absolute atomic E-state index is 15.0. The van der Waals surface area contributed by atoms with Gasteiger partial charge in [-0.1, -0.05) is 7.43 Å². The molecule has 2 aromatic carbocycles. The van der Waals surface area contributed by atoms with E-state index in [9.17, 15) is 9.59 Å². The van der Waals surface area contributed by atoms with Crippen LogP contribution in [-0.4, -0.2) is 55.1 Å². The number of rotatable bonds is 10. The molecule has 0 unspecified atom stereocenters. The number of nitrogens with one attached hydrogen (secondary N) is 3. The summed E-state index contributed by atoms with van der Waals surface area (Å²) in [7, 11) is 1.56. The van der Waals surface area contributed by atoms with Crippen LogP contribution in [0.4, 0.5) is 10.1 Å². The molecule has 11 heteroatoms. The molecular formula is C32H36FN5O5. The fourth-order valence-electron chi connectivity index (χ4n) is 4.66. The standard InChI is InChI=1S/C31H32FN5O5.CH4/c1-40-28-17-23-25(18-29(28)41-19-21-6-12-34-13-7-21)35-15-9-26(23)42-27-3-2-22(16-24(27)32)37-31(39)30(38)36-14-8-20-4-10-33-11-5-20;/h2-5,9-11,15-18,21,34H,6-8,12-14,19H2,1H3,(H,36,38)(H,37,39);1H4. The summed E-state index contributed by atoms with van der Waals surface area (Å²) in [5.74, 6) is -0.557. The minimum atomic E-state index is -0.900. The first-order chi connectivity index (χ1) is 20.5. The number of piperidine rings is 1. The number of anilines is 1. The zero-order valence-corrected chi connectivity index (χ0v) is 23.2. The van der Waals surface area contributed by atoms with Gasteiger partial charge in [0.15, 0.2) is 23.1 Å². The monoisotopic (exact) mass is 589 g/mol. The molecule has 2 aromatic heterocycles. The normalized spacial score (nSPS) is 13.1. The van der Waals surface area contributed by atoms with E-state index in [0.717, 1.165) is 37.6 Å². The summed E-state index contributed by atoms with van der Waals surface area (Å²) >= 11 is 0. The van der Waals surface area contributed by atoms with Gasteiger partial charge in [-0.2, -0.15) is 0 Å². The molecule has 0 spiro atoms. The molecule has 0 atom stereocenters. The molecule has 0 bridgehead atoms. The zero-order chi connectivity index (χ0) is 29.3. The van der Waals surface area contributed by atoms with Gasteiger partial charge in [-0.05, 0) is 80.2 Å². The maximum atomic E-state index is 15.0. The second kappa shape index (κ2) is 14.9. The molecule has 43 heavy (non-hydrogen) atoms. The van der Waals surface area contributed by atoms with Gasteiger partial charge in [0.2, 0.25) is 0 Å². The summed E-state index contributed by atoms with van der Waals surface area (Å²) in [6.07, 6.45) is 7.54. The number of halogens is 1. The summed E-state index contributed by atoms with van der Waals surface area (Å²) in [6, 6.07) is 12.8. The number of benzene rings is 2. The third kappa shape index (κ3) is 8.16. The average molecular weight is 590 g/mol. The van der Waals surface area contributed by atoms with Gasteiger partial charge in [0.25, 0.3) is 0 Å². The minimum absolute atomic E-state index is 0. The highest BCUT2D eigenvalue weighted by Gasteiger charge is 2.18. The van der Waals surface area contributed by atoms with E-state index in [1.165, 1.54) is 12.1 Å². The van der Waals surface area contributed by atoms with Crippen LogP contribution in [0.5, 0.6) is 23.0 Å². The molecule has 0 radical (unpaired) electrons. The lowest BCUT2D eigenvalue weighted by molar-refractivity contribution is -0.136. The maximum Gasteiger partial charge on any atom is 0.313 e. The number of pyridine rings is 2. The van der Waals surface area contributed by atoms with Crippen molar-refractivity contribution in [3.63, 3.8) is 0 Å². The van der Waals surface area contributed by atoms with Gasteiger partial charge in [0, 0.05) is 48.3 Å². The van der Waals surface area contributed by atoms with E-state index in [0.29, 0.717) is 47.1 Å². The van der Waals surface area contributed by atoms with Gasteiger partial charge in [0.05, 0.1) is 19.2 Å². The third-order valence-electron chi connectivity index (χ3n) is 6.98. The van der Waals surface area contributed by atoms with Crippen LogP contribution in [-0.2, 0) is 16.0 Å². The molecule has 0 aliphatic carbocycles. The van der Waals surface area contributed by atoms with Crippen LogP contribution in [0.25, 0.3) is 10.9 Å². The number of nitrogens with zero attached hydrogens (tertiary/aromatic N) is 2. The van der Waals surface area contributed by atoms with Crippen molar-refractivity contribution in [3.05, 3.63) is 78.5 Å². The number of methoxy groups -OCH3 is 1. The first kappa shape index (κ1) is 31.2. The minimum Gasteiger partial charge on any atom is -0.493 e. The van der Waals surface area contributed by atoms with Crippen molar-refractivity contribution in [2.45, 2.75) is 26.7 Å². The molecule has 1 aliphatic heterocycles. The Morgan fingerprint density at radius 1 is 0.953 bits per heavy atom. The molecular weight excluding hydrogens is 553 g/mol. The molecule has 0 saturated carbocycles. The number of hydrogen-bond acceptors (Lipinski definition) is 8. The molecule has 226 valence electrons. The largest absolute Gasteiger partial charge is 0.493 e. The third-order valence-corrected chi connectivity index (χ3v) is 6.98. The number of amides is 2. The Bertz CT molecular complexity index is 1550. The van der Waals surface area contributed by atoms with Crippen molar-refractivity contribution in [2.75, 3.05) is 38.7 Å². The molecule has 5 rings (SSSR count). The van der Waals surface area contributed by atoms with Crippen LogP contribution < -0.4 is 30.2 Å². The average Bonchev–Trinajstić information content (AvgIpc) is 3.02. The summed E-state index contributed by atoms with van der Waals surface area (Å²) in [4.78, 5) is 32.8. The molecule has 1 fully saturated rings. The van der Waals surface area contributed by atoms with E-state index in [2.05, 4.69) is 25.9 Å². The smallest absolute Gasteiger partial charge is 0.313 e. The quantitative estimate of drug-likeness (QED) is 0.224. The lowest BCUT2D eigenvalue weighted by Crippen LogP contribution is -2.36. The van der Waals surface area contributed by atoms with Gasteiger partial charge in [-0.15, -0.1) is 0 Å². The SMILES string of the molecule is C.COc1cc2c(Oc3ccc(NC(=O)C(=O)NCCc4ccncc4)cc3F)ccnc2cc1OCC1CCNCC1. The highest BCUT2D eigenvalue weighted by atomic mass is 19.1. The number of fused-ring (bicyclic) bond motifs is 1. The topological polar surface area (TPSA) is 124 Å². The molecule has 1 aliphatic rings. The van der Waals surface area contributed by atoms with E-state index in [4.69, 9.17) is 14.2 Å². The van der Waals surface area contributed by atoms with Crippen LogP contribution in [0.3, 0.4) is 0 Å². The zero-order valence-electron chi connectivity index (χ0n) is 23.2. The van der Waals surface area contributed by atoms with Crippen molar-refractivity contribution < 1.29 is 28.2 Å². The van der Waals surface area contributed by atoms with Crippen molar-refractivity contribution in [3.8, 4) is 23.0 Å². The fraction of sp³-hybridized carbons (Fsp3) is 0.312. The van der Waals surface area contributed by atoms with Crippen LogP contribution >= 0.6 is 0 Å². The van der Waals surface area contributed by atoms with Gasteiger partial charge in [0.1, 0.15) is 5.75 Å². The summed E-state index contributed by atoms with van der Waals surface area (Å²) in [6.45, 7) is 2.82. The van der Waals surface area contributed by atoms with Gasteiger partial charge in [-0.25, -0.2) is 4.39 Å². The first-order valence-corrected chi connectivity index (χ1v) is 13.8. The van der Waals surface area contributed by atoms with Crippen LogP contribution in [0.15, 0.2) is 67.1 Å². The number of carbonyl (C=O) groups excluding carboxylic acids is 2. The number of ether oxygens (including phenoxy) is 3. The summed E-state index contributed by atoms with van der Waals surface area (Å²) < 4.78 is 32.6. The fourth-order valence-corrected chi connectivity index (χ4v) is 4.66. The van der Waals surface area contributed by atoms with Crippen molar-refractivity contribution in [1.82, 2.24) is 20.6 Å². The molecule has 10 nitrogen and oxygen atoms in total.